The molecule has 7 heteroatoms. The van der Waals surface area contributed by atoms with Gasteiger partial charge in [-0.25, -0.2) is 9.67 Å². The van der Waals surface area contributed by atoms with E-state index in [0.717, 1.165) is 24.5 Å². The number of rotatable bonds is 5. The summed E-state index contributed by atoms with van der Waals surface area (Å²) in [7, 11) is 0. The van der Waals surface area contributed by atoms with Crippen molar-refractivity contribution in [3.05, 3.63) is 33.7 Å². The van der Waals surface area contributed by atoms with Gasteiger partial charge in [-0.1, -0.05) is 0 Å². The largest absolute Gasteiger partial charge is 0.375 e. The third-order valence-corrected chi connectivity index (χ3v) is 3.59. The minimum atomic E-state index is -0.129. The van der Waals surface area contributed by atoms with Gasteiger partial charge in [0, 0.05) is 24.5 Å². The van der Waals surface area contributed by atoms with Crippen LogP contribution in [0.2, 0.25) is 0 Å². The molecule has 0 spiro atoms. The van der Waals surface area contributed by atoms with E-state index in [2.05, 4.69) is 15.0 Å². The topological polar surface area (TPSA) is 77.0 Å². The van der Waals surface area contributed by atoms with E-state index in [1.165, 1.54) is 16.0 Å². The number of nitrogens with two attached hydrogens (primary N) is 1. The monoisotopic (exact) mass is 279 g/mol. The minimum Gasteiger partial charge on any atom is -0.375 e. The summed E-state index contributed by atoms with van der Waals surface area (Å²) in [5.41, 5.74) is 7.04. The molecule has 2 aromatic heterocycles. The van der Waals surface area contributed by atoms with Crippen molar-refractivity contribution in [2.75, 3.05) is 23.7 Å². The van der Waals surface area contributed by atoms with E-state index in [-0.39, 0.29) is 5.56 Å². The molecule has 2 aromatic rings. The molecule has 0 saturated carbocycles. The van der Waals surface area contributed by atoms with Crippen LogP contribution in [0.1, 0.15) is 19.5 Å². The van der Waals surface area contributed by atoms with Gasteiger partial charge in [0.1, 0.15) is 0 Å². The summed E-state index contributed by atoms with van der Waals surface area (Å²) in [5, 5.41) is 6.52. The summed E-state index contributed by atoms with van der Waals surface area (Å²) in [6.45, 7) is 6.15. The predicted octanol–water partition coefficient (Wildman–Crippen LogP) is 1.18. The molecule has 0 aliphatic rings. The molecule has 2 heterocycles. The first kappa shape index (κ1) is 13.5. The van der Waals surface area contributed by atoms with E-state index < -0.39 is 0 Å². The Labute approximate surface area is 115 Å². The second kappa shape index (κ2) is 5.83. The van der Waals surface area contributed by atoms with Gasteiger partial charge in [0.05, 0.1) is 24.1 Å². The van der Waals surface area contributed by atoms with Gasteiger partial charge in [0.25, 0.3) is 5.56 Å². The second-order valence-corrected chi connectivity index (χ2v) is 4.95. The molecule has 2 N–H and O–H groups in total. The van der Waals surface area contributed by atoms with Gasteiger partial charge in [-0.05, 0) is 13.8 Å². The maximum absolute atomic E-state index is 12.0. The Morgan fingerprint density at radius 2 is 2.16 bits per heavy atom. The minimum absolute atomic E-state index is 0.129. The van der Waals surface area contributed by atoms with Crippen molar-refractivity contribution in [1.29, 1.82) is 0 Å². The first-order valence-corrected chi connectivity index (χ1v) is 7.04. The van der Waals surface area contributed by atoms with Crippen molar-refractivity contribution < 1.29 is 0 Å². The molecular formula is C12H17N5OS. The highest BCUT2D eigenvalue weighted by molar-refractivity contribution is 7.13. The Balaban J connectivity index is 2.22. The Morgan fingerprint density at radius 1 is 1.42 bits per heavy atom. The molecule has 2 rings (SSSR count). The molecule has 102 valence electrons. The predicted molar refractivity (Wildman–Crippen MR) is 77.7 cm³/mol. The fourth-order valence-corrected chi connectivity index (χ4v) is 2.41. The smallest absolute Gasteiger partial charge is 0.269 e. The van der Waals surface area contributed by atoms with Crippen LogP contribution in [0.4, 0.5) is 10.8 Å². The van der Waals surface area contributed by atoms with Crippen LogP contribution in [0.15, 0.2) is 22.4 Å². The van der Waals surface area contributed by atoms with Crippen LogP contribution in [0, 0.1) is 0 Å². The lowest BCUT2D eigenvalue weighted by Crippen LogP contribution is -2.28. The zero-order valence-corrected chi connectivity index (χ0v) is 11.9. The molecule has 0 aliphatic heterocycles. The van der Waals surface area contributed by atoms with E-state index in [9.17, 15) is 4.79 Å². The van der Waals surface area contributed by atoms with Gasteiger partial charge in [0.15, 0.2) is 5.13 Å². The molecule has 0 unspecified atom stereocenters. The zero-order valence-electron chi connectivity index (χ0n) is 11.0. The van der Waals surface area contributed by atoms with E-state index in [1.807, 2.05) is 19.2 Å². The van der Waals surface area contributed by atoms with Gasteiger partial charge in [-0.3, -0.25) is 4.79 Å². The highest BCUT2D eigenvalue weighted by Crippen LogP contribution is 2.12. The molecule has 6 nitrogen and oxygen atoms in total. The maximum atomic E-state index is 12.0. The van der Waals surface area contributed by atoms with Crippen molar-refractivity contribution in [2.24, 2.45) is 0 Å². The third kappa shape index (κ3) is 3.11. The van der Waals surface area contributed by atoms with E-state index >= 15 is 0 Å². The number of hydrogen-bond donors (Lipinski definition) is 1. The van der Waals surface area contributed by atoms with Crippen molar-refractivity contribution in [3.8, 4) is 0 Å². The number of thiazole rings is 1. The first-order chi connectivity index (χ1) is 9.13. The lowest BCUT2D eigenvalue weighted by atomic mass is 10.4. The standard InChI is InChI=1S/C12H17N5OS/c1-3-16(4-2)10-5-11(18)17(14-6-10)7-9-8-19-12(13)15-9/h5-6,8H,3-4,7H2,1-2H3,(H2,13,15). The van der Waals surface area contributed by atoms with Gasteiger partial charge in [-0.15, -0.1) is 11.3 Å². The van der Waals surface area contributed by atoms with Crippen molar-refractivity contribution in [1.82, 2.24) is 14.8 Å². The highest BCUT2D eigenvalue weighted by Gasteiger charge is 2.07. The van der Waals surface area contributed by atoms with E-state index in [1.54, 1.807) is 12.3 Å². The molecule has 0 radical (unpaired) electrons. The quantitative estimate of drug-likeness (QED) is 0.889. The van der Waals surface area contributed by atoms with Crippen LogP contribution in [0.3, 0.4) is 0 Å². The number of anilines is 2. The Kier molecular flexibility index (Phi) is 4.16. The zero-order chi connectivity index (χ0) is 13.8. The molecule has 0 aliphatic carbocycles. The van der Waals surface area contributed by atoms with E-state index in [4.69, 9.17) is 5.73 Å². The average molecular weight is 279 g/mol. The number of hydrogen-bond acceptors (Lipinski definition) is 6. The molecule has 0 amide bonds. The molecule has 0 saturated heterocycles. The Morgan fingerprint density at radius 3 is 2.68 bits per heavy atom. The lowest BCUT2D eigenvalue weighted by Gasteiger charge is -2.20. The third-order valence-electron chi connectivity index (χ3n) is 2.87. The Bertz CT molecular complexity index is 602. The van der Waals surface area contributed by atoms with Crippen LogP contribution < -0.4 is 16.2 Å². The first-order valence-electron chi connectivity index (χ1n) is 6.16. The normalized spacial score (nSPS) is 10.6. The molecule has 0 atom stereocenters. The van der Waals surface area contributed by atoms with Gasteiger partial charge in [-0.2, -0.15) is 5.10 Å². The molecule has 0 bridgehead atoms. The van der Waals surface area contributed by atoms with Crippen molar-refractivity contribution in [2.45, 2.75) is 20.4 Å². The van der Waals surface area contributed by atoms with Crippen LogP contribution in [-0.4, -0.2) is 27.9 Å². The molecule has 19 heavy (non-hydrogen) atoms. The van der Waals surface area contributed by atoms with Crippen LogP contribution in [-0.2, 0) is 6.54 Å². The lowest BCUT2D eigenvalue weighted by molar-refractivity contribution is 0.628. The van der Waals surface area contributed by atoms with Gasteiger partial charge < -0.3 is 10.6 Å². The van der Waals surface area contributed by atoms with Crippen molar-refractivity contribution >= 4 is 22.2 Å². The van der Waals surface area contributed by atoms with Gasteiger partial charge >= 0.3 is 0 Å². The summed E-state index contributed by atoms with van der Waals surface area (Å²) in [6, 6.07) is 1.61. The summed E-state index contributed by atoms with van der Waals surface area (Å²) in [6.07, 6.45) is 1.71. The van der Waals surface area contributed by atoms with Crippen LogP contribution >= 0.6 is 11.3 Å². The summed E-state index contributed by atoms with van der Waals surface area (Å²) in [5.74, 6) is 0. The number of nitrogens with zero attached hydrogens (tertiary/aromatic N) is 4. The molecular weight excluding hydrogens is 262 g/mol. The SMILES string of the molecule is CCN(CC)c1cnn(Cc2csc(N)n2)c(=O)c1. The average Bonchev–Trinajstić information content (AvgIpc) is 2.80. The van der Waals surface area contributed by atoms with Crippen LogP contribution in [0.25, 0.3) is 0 Å². The maximum Gasteiger partial charge on any atom is 0.269 e. The Hall–Kier alpha value is -1.89. The van der Waals surface area contributed by atoms with E-state index in [0.29, 0.717) is 11.7 Å². The summed E-state index contributed by atoms with van der Waals surface area (Å²) in [4.78, 5) is 18.2. The van der Waals surface area contributed by atoms with Crippen LogP contribution in [0.5, 0.6) is 0 Å². The highest BCUT2D eigenvalue weighted by atomic mass is 32.1. The summed E-state index contributed by atoms with van der Waals surface area (Å²) < 4.78 is 1.39. The fraction of sp³-hybridized carbons (Fsp3) is 0.417. The van der Waals surface area contributed by atoms with Gasteiger partial charge in [0.2, 0.25) is 0 Å². The molecule has 0 fully saturated rings. The second-order valence-electron chi connectivity index (χ2n) is 4.06. The summed E-state index contributed by atoms with van der Waals surface area (Å²) >= 11 is 1.36. The number of nitrogen functional groups attached to an aromatic ring is 1. The molecule has 0 aromatic carbocycles. The van der Waals surface area contributed by atoms with Crippen molar-refractivity contribution in [3.63, 3.8) is 0 Å². The number of aromatic nitrogens is 3. The fourth-order valence-electron chi connectivity index (χ4n) is 1.85.